The fourth-order valence-electron chi connectivity index (χ4n) is 5.76. The summed E-state index contributed by atoms with van der Waals surface area (Å²) < 4.78 is 0. The molecule has 0 atom stereocenters. The largest absolute Gasteiger partial charge is 0.508 e. The summed E-state index contributed by atoms with van der Waals surface area (Å²) in [5.74, 6) is 0.533. The van der Waals surface area contributed by atoms with Crippen LogP contribution < -0.4 is 0 Å². The van der Waals surface area contributed by atoms with Crippen molar-refractivity contribution in [1.29, 1.82) is 0 Å². The van der Waals surface area contributed by atoms with Crippen molar-refractivity contribution in [2.45, 2.75) is 142 Å². The van der Waals surface area contributed by atoms with Gasteiger partial charge in [0.1, 0.15) is 11.5 Å². The topological polar surface area (TPSA) is 66.2 Å². The van der Waals surface area contributed by atoms with Crippen molar-refractivity contribution in [3.8, 4) is 34.0 Å². The SMILES string of the molecule is CCCCCCCCCCCc1nc(-c2ccc(O)cc2)c(CCCCCCCCCCC)nc1-c1ccc(O)cc1. The van der Waals surface area contributed by atoms with E-state index in [4.69, 9.17) is 9.97 Å². The van der Waals surface area contributed by atoms with Gasteiger partial charge in [-0.2, -0.15) is 0 Å². The molecule has 4 heteroatoms. The first-order valence-electron chi connectivity index (χ1n) is 17.1. The zero-order chi connectivity index (χ0) is 29.8. The van der Waals surface area contributed by atoms with Crippen molar-refractivity contribution in [3.63, 3.8) is 0 Å². The van der Waals surface area contributed by atoms with Crippen LogP contribution in [0.5, 0.6) is 11.5 Å². The van der Waals surface area contributed by atoms with Crippen LogP contribution in [-0.2, 0) is 12.8 Å². The van der Waals surface area contributed by atoms with E-state index in [2.05, 4.69) is 13.8 Å². The lowest BCUT2D eigenvalue weighted by atomic mass is 9.99. The Labute approximate surface area is 256 Å². The van der Waals surface area contributed by atoms with Gasteiger partial charge in [0.25, 0.3) is 0 Å². The van der Waals surface area contributed by atoms with Crippen LogP contribution in [-0.4, -0.2) is 20.2 Å². The second kappa shape index (κ2) is 20.1. The Hall–Kier alpha value is -2.88. The van der Waals surface area contributed by atoms with Crippen LogP contribution in [0.3, 0.4) is 0 Å². The Balaban J connectivity index is 1.73. The average Bonchev–Trinajstić information content (AvgIpc) is 3.00. The van der Waals surface area contributed by atoms with Gasteiger partial charge in [0.05, 0.1) is 22.8 Å². The Kier molecular flexibility index (Phi) is 16.1. The van der Waals surface area contributed by atoms with E-state index in [0.717, 1.165) is 59.6 Å². The fourth-order valence-corrected chi connectivity index (χ4v) is 5.76. The van der Waals surface area contributed by atoms with Crippen LogP contribution in [0.4, 0.5) is 0 Å². The predicted octanol–water partition coefficient (Wildman–Crippen LogP) is 11.4. The highest BCUT2D eigenvalue weighted by atomic mass is 16.3. The number of aromatic nitrogens is 2. The molecule has 1 aromatic heterocycles. The predicted molar refractivity (Wildman–Crippen MR) is 178 cm³/mol. The summed E-state index contributed by atoms with van der Waals surface area (Å²) in [6.45, 7) is 4.54. The van der Waals surface area contributed by atoms with Crippen molar-refractivity contribution < 1.29 is 10.2 Å². The zero-order valence-electron chi connectivity index (χ0n) is 26.5. The van der Waals surface area contributed by atoms with Crippen LogP contribution in [0, 0.1) is 0 Å². The summed E-state index contributed by atoms with van der Waals surface area (Å²) in [7, 11) is 0. The number of rotatable bonds is 22. The van der Waals surface area contributed by atoms with Crippen LogP contribution >= 0.6 is 0 Å². The molecule has 2 N–H and O–H groups in total. The van der Waals surface area contributed by atoms with E-state index in [1.807, 2.05) is 24.3 Å². The van der Waals surface area contributed by atoms with Gasteiger partial charge in [-0.15, -0.1) is 0 Å². The van der Waals surface area contributed by atoms with Crippen LogP contribution in [0.2, 0.25) is 0 Å². The molecule has 0 fully saturated rings. The number of hydrogen-bond acceptors (Lipinski definition) is 4. The summed E-state index contributed by atoms with van der Waals surface area (Å²) in [5, 5.41) is 19.9. The van der Waals surface area contributed by atoms with E-state index in [-0.39, 0.29) is 11.5 Å². The lowest BCUT2D eigenvalue weighted by molar-refractivity contribution is 0.475. The van der Waals surface area contributed by atoms with Gasteiger partial charge in [0.15, 0.2) is 0 Å². The van der Waals surface area contributed by atoms with Gasteiger partial charge in [-0.25, -0.2) is 9.97 Å². The van der Waals surface area contributed by atoms with Gasteiger partial charge in [0.2, 0.25) is 0 Å². The third-order valence-corrected chi connectivity index (χ3v) is 8.36. The molecule has 230 valence electrons. The van der Waals surface area contributed by atoms with E-state index >= 15 is 0 Å². The lowest BCUT2D eigenvalue weighted by Crippen LogP contribution is -2.06. The van der Waals surface area contributed by atoms with E-state index in [9.17, 15) is 10.2 Å². The van der Waals surface area contributed by atoms with Crippen LogP contribution in [0.15, 0.2) is 48.5 Å². The number of unbranched alkanes of at least 4 members (excludes halogenated alkanes) is 16. The van der Waals surface area contributed by atoms with Crippen LogP contribution in [0.25, 0.3) is 22.5 Å². The molecule has 2 aromatic carbocycles. The lowest BCUT2D eigenvalue weighted by Gasteiger charge is -2.16. The molecular formula is C38H56N2O2. The van der Waals surface area contributed by atoms with Gasteiger partial charge in [0, 0.05) is 11.1 Å². The van der Waals surface area contributed by atoms with Crippen molar-refractivity contribution >= 4 is 0 Å². The minimum atomic E-state index is 0.267. The standard InChI is InChI=1S/C38H56N2O2/c1-3-5-7-9-11-13-15-17-19-21-35-37(31-23-27-33(41)28-24-31)40-36(22-20-18-16-14-12-10-8-6-4-2)38(39-35)32-25-29-34(42)30-26-32/h23-30,41-42H,3-22H2,1-2H3. The third kappa shape index (κ3) is 12.2. The van der Waals surface area contributed by atoms with E-state index < -0.39 is 0 Å². The van der Waals surface area contributed by atoms with Crippen molar-refractivity contribution in [1.82, 2.24) is 9.97 Å². The molecule has 0 saturated carbocycles. The Morgan fingerprint density at radius 3 is 1.00 bits per heavy atom. The molecule has 0 amide bonds. The minimum Gasteiger partial charge on any atom is -0.508 e. The highest BCUT2D eigenvalue weighted by Gasteiger charge is 2.17. The Morgan fingerprint density at radius 1 is 0.405 bits per heavy atom. The van der Waals surface area contributed by atoms with E-state index in [1.54, 1.807) is 24.3 Å². The molecule has 0 aliphatic heterocycles. The second-order valence-electron chi connectivity index (χ2n) is 12.1. The minimum absolute atomic E-state index is 0.267. The third-order valence-electron chi connectivity index (χ3n) is 8.36. The summed E-state index contributed by atoms with van der Waals surface area (Å²) in [5.41, 5.74) is 5.98. The first-order valence-corrected chi connectivity index (χ1v) is 17.1. The number of aromatic hydroxyl groups is 2. The first-order chi connectivity index (χ1) is 20.6. The molecule has 0 aliphatic rings. The molecule has 3 aromatic rings. The van der Waals surface area contributed by atoms with Crippen molar-refractivity contribution in [2.24, 2.45) is 0 Å². The molecule has 1 heterocycles. The molecule has 0 unspecified atom stereocenters. The fraction of sp³-hybridized carbons (Fsp3) is 0.579. The maximum absolute atomic E-state index is 9.93. The number of hydrogen-bond donors (Lipinski definition) is 2. The number of aryl methyl sites for hydroxylation is 2. The maximum Gasteiger partial charge on any atom is 0.115 e. The zero-order valence-corrected chi connectivity index (χ0v) is 26.5. The molecule has 0 aliphatic carbocycles. The van der Waals surface area contributed by atoms with E-state index in [0.29, 0.717) is 0 Å². The van der Waals surface area contributed by atoms with Gasteiger partial charge in [-0.05, 0) is 74.2 Å². The Bertz CT molecular complexity index is 1030. The molecule has 3 rings (SSSR count). The quantitative estimate of drug-likeness (QED) is 0.118. The highest BCUT2D eigenvalue weighted by molar-refractivity contribution is 5.68. The average molecular weight is 573 g/mol. The first kappa shape index (κ1) is 33.6. The summed E-state index contributed by atoms with van der Waals surface area (Å²) in [6, 6.07) is 14.8. The number of benzene rings is 2. The van der Waals surface area contributed by atoms with Gasteiger partial charge in [-0.1, -0.05) is 117 Å². The number of phenols is 2. The number of phenolic OH excluding ortho intramolecular Hbond substituents is 2. The molecule has 0 spiro atoms. The van der Waals surface area contributed by atoms with Crippen LogP contribution in [0.1, 0.15) is 141 Å². The smallest absolute Gasteiger partial charge is 0.115 e. The maximum atomic E-state index is 9.93. The molecule has 0 saturated heterocycles. The summed E-state index contributed by atoms with van der Waals surface area (Å²) in [6.07, 6.45) is 25.0. The molecular weight excluding hydrogens is 516 g/mol. The monoisotopic (exact) mass is 572 g/mol. The number of nitrogens with zero attached hydrogens (tertiary/aromatic N) is 2. The molecule has 42 heavy (non-hydrogen) atoms. The van der Waals surface area contributed by atoms with E-state index in [1.165, 1.54) is 103 Å². The summed E-state index contributed by atoms with van der Waals surface area (Å²) >= 11 is 0. The molecule has 0 radical (unpaired) electrons. The van der Waals surface area contributed by atoms with Gasteiger partial charge < -0.3 is 10.2 Å². The molecule has 0 bridgehead atoms. The van der Waals surface area contributed by atoms with Crippen molar-refractivity contribution in [3.05, 3.63) is 59.9 Å². The Morgan fingerprint density at radius 2 is 0.690 bits per heavy atom. The second-order valence-corrected chi connectivity index (χ2v) is 12.1. The summed E-state index contributed by atoms with van der Waals surface area (Å²) in [4.78, 5) is 10.6. The normalized spacial score (nSPS) is 11.3. The van der Waals surface area contributed by atoms with Gasteiger partial charge in [-0.3, -0.25) is 0 Å². The highest BCUT2D eigenvalue weighted by Crippen LogP contribution is 2.31. The molecule has 4 nitrogen and oxygen atoms in total. The van der Waals surface area contributed by atoms with Crippen molar-refractivity contribution in [2.75, 3.05) is 0 Å². The van der Waals surface area contributed by atoms with Gasteiger partial charge >= 0.3 is 0 Å².